The van der Waals surface area contributed by atoms with Crippen molar-refractivity contribution in [2.75, 3.05) is 13.2 Å². The molecule has 0 fully saturated rings. The highest BCUT2D eigenvalue weighted by atomic mass is 19.1. The molecule has 5 nitrogen and oxygen atoms in total. The van der Waals surface area contributed by atoms with Gasteiger partial charge in [0.2, 0.25) is 0 Å². The van der Waals surface area contributed by atoms with E-state index in [1.807, 2.05) is 0 Å². The summed E-state index contributed by atoms with van der Waals surface area (Å²) in [4.78, 5) is 23.7. The molecule has 138 valence electrons. The van der Waals surface area contributed by atoms with Crippen LogP contribution in [0.3, 0.4) is 0 Å². The Morgan fingerprint density at radius 1 is 1.08 bits per heavy atom. The Balaban J connectivity index is 1.75. The lowest BCUT2D eigenvalue weighted by Gasteiger charge is -2.08. The SMILES string of the molecule is CCCCOc1ccc(C(=O)OCC(=O)NCc2ccccc2F)cc1. The van der Waals surface area contributed by atoms with E-state index >= 15 is 0 Å². The van der Waals surface area contributed by atoms with Crippen molar-refractivity contribution in [3.05, 3.63) is 65.5 Å². The summed E-state index contributed by atoms with van der Waals surface area (Å²) in [5.74, 6) is -0.823. The van der Waals surface area contributed by atoms with Crippen molar-refractivity contribution in [3.8, 4) is 5.75 Å². The van der Waals surface area contributed by atoms with Crippen LogP contribution in [0.15, 0.2) is 48.5 Å². The summed E-state index contributed by atoms with van der Waals surface area (Å²) in [7, 11) is 0. The second kappa shape index (κ2) is 10.2. The summed E-state index contributed by atoms with van der Waals surface area (Å²) in [6.45, 7) is 2.31. The first-order valence-electron chi connectivity index (χ1n) is 8.50. The van der Waals surface area contributed by atoms with E-state index in [4.69, 9.17) is 9.47 Å². The molecule has 1 N–H and O–H groups in total. The molecule has 0 aliphatic heterocycles. The van der Waals surface area contributed by atoms with Gasteiger partial charge in [0.1, 0.15) is 11.6 Å². The Morgan fingerprint density at radius 2 is 1.81 bits per heavy atom. The van der Waals surface area contributed by atoms with Gasteiger partial charge in [0, 0.05) is 12.1 Å². The Morgan fingerprint density at radius 3 is 2.50 bits per heavy atom. The number of nitrogens with one attached hydrogen (secondary N) is 1. The maximum Gasteiger partial charge on any atom is 0.338 e. The number of rotatable bonds is 9. The number of halogens is 1. The smallest absolute Gasteiger partial charge is 0.338 e. The van der Waals surface area contributed by atoms with Gasteiger partial charge in [-0.05, 0) is 36.8 Å². The van der Waals surface area contributed by atoms with E-state index in [0.717, 1.165) is 12.8 Å². The number of hydrogen-bond donors (Lipinski definition) is 1. The van der Waals surface area contributed by atoms with Crippen molar-refractivity contribution in [3.63, 3.8) is 0 Å². The second-order valence-corrected chi connectivity index (χ2v) is 5.67. The fourth-order valence-corrected chi connectivity index (χ4v) is 2.12. The largest absolute Gasteiger partial charge is 0.494 e. The third kappa shape index (κ3) is 6.20. The van der Waals surface area contributed by atoms with E-state index in [1.54, 1.807) is 42.5 Å². The predicted octanol–water partition coefficient (Wildman–Crippen LogP) is 3.48. The van der Waals surface area contributed by atoms with Crippen molar-refractivity contribution in [2.45, 2.75) is 26.3 Å². The number of ether oxygens (including phenoxy) is 2. The number of unbranched alkanes of at least 4 members (excludes halogenated alkanes) is 1. The summed E-state index contributed by atoms with van der Waals surface area (Å²) in [6, 6.07) is 12.7. The summed E-state index contributed by atoms with van der Waals surface area (Å²) >= 11 is 0. The molecule has 2 aromatic carbocycles. The van der Waals surface area contributed by atoms with Crippen LogP contribution in [-0.4, -0.2) is 25.1 Å². The zero-order valence-corrected chi connectivity index (χ0v) is 14.7. The van der Waals surface area contributed by atoms with Gasteiger partial charge in [0.25, 0.3) is 5.91 Å². The van der Waals surface area contributed by atoms with E-state index in [2.05, 4.69) is 12.2 Å². The summed E-state index contributed by atoms with van der Waals surface area (Å²) in [5, 5.41) is 2.51. The van der Waals surface area contributed by atoms with E-state index in [0.29, 0.717) is 23.5 Å². The monoisotopic (exact) mass is 359 g/mol. The number of carbonyl (C=O) groups excluding carboxylic acids is 2. The summed E-state index contributed by atoms with van der Waals surface area (Å²) in [6.07, 6.45) is 2.01. The topological polar surface area (TPSA) is 64.6 Å². The Hall–Kier alpha value is -2.89. The number of carbonyl (C=O) groups is 2. The summed E-state index contributed by atoms with van der Waals surface area (Å²) < 4.78 is 23.9. The van der Waals surface area contributed by atoms with E-state index in [1.165, 1.54) is 6.07 Å². The fraction of sp³-hybridized carbons (Fsp3) is 0.300. The standard InChI is InChI=1S/C20H22FNO4/c1-2-3-12-25-17-10-8-15(9-11-17)20(24)26-14-19(23)22-13-16-6-4-5-7-18(16)21/h4-11H,2-3,12-14H2,1H3,(H,22,23). The average Bonchev–Trinajstić information content (AvgIpc) is 2.66. The Labute approximate surface area is 152 Å². The van der Waals surface area contributed by atoms with E-state index in [9.17, 15) is 14.0 Å². The number of esters is 1. The molecule has 0 spiro atoms. The quantitative estimate of drug-likeness (QED) is 0.550. The van der Waals surface area contributed by atoms with Gasteiger partial charge in [-0.15, -0.1) is 0 Å². The van der Waals surface area contributed by atoms with Gasteiger partial charge in [0.15, 0.2) is 6.61 Å². The van der Waals surface area contributed by atoms with E-state index < -0.39 is 24.3 Å². The van der Waals surface area contributed by atoms with Gasteiger partial charge in [0.05, 0.1) is 12.2 Å². The third-order valence-corrected chi connectivity index (χ3v) is 3.62. The third-order valence-electron chi connectivity index (χ3n) is 3.62. The lowest BCUT2D eigenvalue weighted by Crippen LogP contribution is -2.28. The molecule has 0 aliphatic rings. The normalized spacial score (nSPS) is 10.2. The van der Waals surface area contributed by atoms with Gasteiger partial charge in [-0.25, -0.2) is 9.18 Å². The van der Waals surface area contributed by atoms with Crippen molar-refractivity contribution >= 4 is 11.9 Å². The van der Waals surface area contributed by atoms with Crippen LogP contribution in [0.1, 0.15) is 35.7 Å². The molecular formula is C20H22FNO4. The zero-order chi connectivity index (χ0) is 18.8. The van der Waals surface area contributed by atoms with Crippen LogP contribution in [0.4, 0.5) is 4.39 Å². The second-order valence-electron chi connectivity index (χ2n) is 5.67. The molecule has 0 aromatic heterocycles. The van der Waals surface area contributed by atoms with Crippen LogP contribution >= 0.6 is 0 Å². The summed E-state index contributed by atoms with van der Waals surface area (Å²) in [5.41, 5.74) is 0.695. The first-order valence-corrected chi connectivity index (χ1v) is 8.50. The van der Waals surface area contributed by atoms with Gasteiger partial charge in [-0.2, -0.15) is 0 Å². The average molecular weight is 359 g/mol. The minimum atomic E-state index is -0.605. The number of benzene rings is 2. The lowest BCUT2D eigenvalue weighted by atomic mass is 10.2. The molecule has 2 rings (SSSR count). The zero-order valence-electron chi connectivity index (χ0n) is 14.7. The molecule has 26 heavy (non-hydrogen) atoms. The number of amides is 1. The van der Waals surface area contributed by atoms with Crippen LogP contribution in [0.25, 0.3) is 0 Å². The highest BCUT2D eigenvalue weighted by Crippen LogP contribution is 2.13. The van der Waals surface area contributed by atoms with Gasteiger partial charge < -0.3 is 14.8 Å². The Kier molecular flexibility index (Phi) is 7.61. The van der Waals surface area contributed by atoms with Crippen LogP contribution < -0.4 is 10.1 Å². The highest BCUT2D eigenvalue weighted by Gasteiger charge is 2.11. The molecule has 0 atom stereocenters. The lowest BCUT2D eigenvalue weighted by molar-refractivity contribution is -0.124. The minimum absolute atomic E-state index is 0.0346. The first kappa shape index (κ1) is 19.4. The minimum Gasteiger partial charge on any atom is -0.494 e. The van der Waals surface area contributed by atoms with Crippen LogP contribution in [0.5, 0.6) is 5.75 Å². The van der Waals surface area contributed by atoms with Crippen molar-refractivity contribution in [2.24, 2.45) is 0 Å². The molecule has 0 bridgehead atoms. The fourth-order valence-electron chi connectivity index (χ4n) is 2.12. The molecule has 0 radical (unpaired) electrons. The van der Waals surface area contributed by atoms with Crippen molar-refractivity contribution in [1.29, 1.82) is 0 Å². The first-order chi connectivity index (χ1) is 12.6. The van der Waals surface area contributed by atoms with Crippen molar-refractivity contribution < 1.29 is 23.5 Å². The molecule has 0 saturated carbocycles. The van der Waals surface area contributed by atoms with Crippen molar-refractivity contribution in [1.82, 2.24) is 5.32 Å². The highest BCUT2D eigenvalue weighted by molar-refractivity contribution is 5.91. The molecule has 6 heteroatoms. The van der Waals surface area contributed by atoms with Crippen LogP contribution in [-0.2, 0) is 16.1 Å². The molecule has 0 aliphatic carbocycles. The maximum atomic E-state index is 13.5. The van der Waals surface area contributed by atoms with Crippen LogP contribution in [0, 0.1) is 5.82 Å². The Bertz CT molecular complexity index is 731. The predicted molar refractivity (Wildman–Crippen MR) is 95.4 cm³/mol. The van der Waals surface area contributed by atoms with Gasteiger partial charge in [-0.1, -0.05) is 31.5 Å². The molecule has 1 amide bonds. The molecule has 0 heterocycles. The molecule has 0 saturated heterocycles. The molecule has 0 unspecified atom stereocenters. The van der Waals surface area contributed by atoms with Gasteiger partial charge >= 0.3 is 5.97 Å². The molecule has 2 aromatic rings. The maximum absolute atomic E-state index is 13.5. The van der Waals surface area contributed by atoms with Crippen LogP contribution in [0.2, 0.25) is 0 Å². The van der Waals surface area contributed by atoms with Gasteiger partial charge in [-0.3, -0.25) is 4.79 Å². The number of hydrogen-bond acceptors (Lipinski definition) is 4. The van der Waals surface area contributed by atoms with E-state index in [-0.39, 0.29) is 6.54 Å². The molecular weight excluding hydrogens is 337 g/mol.